The second kappa shape index (κ2) is 20.2. The molecule has 0 aromatic carbocycles. The number of aliphatic carboxylic acids is 1. The van der Waals surface area contributed by atoms with Gasteiger partial charge in [-0.3, -0.25) is 4.79 Å². The van der Waals surface area contributed by atoms with Gasteiger partial charge in [-0.25, -0.2) is 0 Å². The van der Waals surface area contributed by atoms with E-state index < -0.39 is 35.6 Å². The Bertz CT molecular complexity index is 1340. The molecule has 0 bridgehead atoms. The van der Waals surface area contributed by atoms with Gasteiger partial charge in [-0.1, -0.05) is 84.4 Å². The predicted molar refractivity (Wildman–Crippen MR) is 208 cm³/mol. The van der Waals surface area contributed by atoms with Crippen LogP contribution >= 0.6 is 0 Å². The zero-order chi connectivity index (χ0) is 37.8. The highest BCUT2D eigenvalue weighted by atomic mass is 16.4. The quantitative estimate of drug-likeness (QED) is 0.0446. The van der Waals surface area contributed by atoms with Crippen molar-refractivity contribution < 1.29 is 30.3 Å². The third-order valence-corrected chi connectivity index (χ3v) is 12.3. The van der Waals surface area contributed by atoms with Crippen LogP contribution in [0, 0.1) is 35.5 Å². The number of hydrogen-bond donors (Lipinski definition) is 8. The lowest BCUT2D eigenvalue weighted by molar-refractivity contribution is -0.147. The van der Waals surface area contributed by atoms with Crippen LogP contribution in [0.2, 0.25) is 0 Å². The average Bonchev–Trinajstić information content (AvgIpc) is 3.71. The first-order valence-electron chi connectivity index (χ1n) is 20.6. The number of aromatic nitrogens is 1. The van der Waals surface area contributed by atoms with E-state index in [2.05, 4.69) is 56.2 Å². The number of rotatable bonds is 22. The summed E-state index contributed by atoms with van der Waals surface area (Å²) in [6.45, 7) is 9.46. The van der Waals surface area contributed by atoms with Crippen molar-refractivity contribution in [3.05, 3.63) is 59.2 Å². The van der Waals surface area contributed by atoms with Gasteiger partial charge < -0.3 is 41.6 Å². The number of nitrogens with two attached hydrogens (primary N) is 1. The summed E-state index contributed by atoms with van der Waals surface area (Å²) in [5, 5.41) is 59.2. The van der Waals surface area contributed by atoms with E-state index in [1.807, 2.05) is 18.3 Å². The molecule has 0 spiro atoms. The van der Waals surface area contributed by atoms with Crippen molar-refractivity contribution in [2.75, 3.05) is 6.54 Å². The van der Waals surface area contributed by atoms with Gasteiger partial charge in [0.05, 0.1) is 35.7 Å². The van der Waals surface area contributed by atoms with Crippen molar-refractivity contribution in [2.24, 2.45) is 41.2 Å². The van der Waals surface area contributed by atoms with Gasteiger partial charge in [0.2, 0.25) is 0 Å². The van der Waals surface area contributed by atoms with Gasteiger partial charge in [-0.2, -0.15) is 0 Å². The molecule has 1 aromatic rings. The minimum Gasteiger partial charge on any atom is -0.481 e. The number of aromatic amines is 1. The van der Waals surface area contributed by atoms with Crippen LogP contribution in [0.25, 0.3) is 0 Å². The van der Waals surface area contributed by atoms with E-state index in [0.29, 0.717) is 61.5 Å². The molecule has 9 heteroatoms. The number of dihydropyridines is 1. The molecule has 1 aromatic heterocycles. The lowest BCUT2D eigenvalue weighted by atomic mass is 9.79. The topological polar surface area (TPSA) is 172 Å². The van der Waals surface area contributed by atoms with Gasteiger partial charge >= 0.3 is 5.97 Å². The Morgan fingerprint density at radius 3 is 2.50 bits per heavy atom. The maximum atomic E-state index is 12.3. The van der Waals surface area contributed by atoms with Gasteiger partial charge in [0.1, 0.15) is 0 Å². The third kappa shape index (κ3) is 12.2. The summed E-state index contributed by atoms with van der Waals surface area (Å²) >= 11 is 0. The molecule has 0 radical (unpaired) electrons. The van der Waals surface area contributed by atoms with Crippen molar-refractivity contribution in [3.8, 4) is 0 Å². The van der Waals surface area contributed by atoms with Crippen LogP contribution in [-0.4, -0.2) is 60.8 Å². The molecule has 9 nitrogen and oxygen atoms in total. The predicted octanol–water partition coefficient (Wildman–Crippen LogP) is 7.60. The molecular formula is C43H71N3O6. The highest BCUT2D eigenvalue weighted by Crippen LogP contribution is 2.50. The number of aliphatic hydroxyl groups is 4. The summed E-state index contributed by atoms with van der Waals surface area (Å²) in [7, 11) is 0. The van der Waals surface area contributed by atoms with Crippen molar-refractivity contribution in [3.63, 3.8) is 0 Å². The second-order valence-electron chi connectivity index (χ2n) is 17.1. The van der Waals surface area contributed by atoms with Crippen molar-refractivity contribution >= 4 is 5.97 Å². The number of carbonyl (C=O) groups is 1. The zero-order valence-corrected chi connectivity index (χ0v) is 32.5. The zero-order valence-electron chi connectivity index (χ0n) is 32.5. The molecule has 1 aliphatic heterocycles. The Hall–Kier alpha value is -2.59. The Kier molecular flexibility index (Phi) is 16.4. The molecule has 1 saturated carbocycles. The van der Waals surface area contributed by atoms with E-state index in [4.69, 9.17) is 5.73 Å². The molecule has 10 unspecified atom stereocenters. The highest BCUT2D eigenvalue weighted by molar-refractivity contribution is 5.70. The minimum atomic E-state index is -1.27. The van der Waals surface area contributed by atoms with E-state index >= 15 is 0 Å². The van der Waals surface area contributed by atoms with Gasteiger partial charge in [-0.15, -0.1) is 0 Å². The molecule has 3 aliphatic rings. The summed E-state index contributed by atoms with van der Waals surface area (Å²) in [5.41, 5.74) is 7.70. The maximum Gasteiger partial charge on any atom is 0.309 e. The van der Waals surface area contributed by atoms with Crippen molar-refractivity contribution in [1.29, 1.82) is 0 Å². The largest absolute Gasteiger partial charge is 0.481 e. The van der Waals surface area contributed by atoms with Gasteiger partial charge in [0.15, 0.2) is 0 Å². The van der Waals surface area contributed by atoms with E-state index in [9.17, 15) is 30.3 Å². The number of allylic oxidation sites excluding steroid dienone is 3. The van der Waals surface area contributed by atoms with E-state index in [1.54, 1.807) is 0 Å². The summed E-state index contributed by atoms with van der Waals surface area (Å²) < 4.78 is 0. The van der Waals surface area contributed by atoms with Crippen LogP contribution in [0.1, 0.15) is 154 Å². The number of hydrogen-bond acceptors (Lipinski definition) is 7. The standard InChI is InChI=1S/C43H71N3O6/c1-5-6-8-11-30-14-15-33(39(48)23-30)12-9-7-10-13-35(42(50)51)38(47)16-18-43(52)26-32(21-31-17-19-45-40(44)24-31)22-36(43)41(49)37-25-34(27-46-37)29(4)20-28(2)3/h14-15,17,24-25,27-30,32-33,35-36,38-39,41,45-49,52H,5-13,16,18-23,26,44H2,1-4H3,(H,50,51). The third-order valence-electron chi connectivity index (χ3n) is 12.3. The van der Waals surface area contributed by atoms with E-state index in [-0.39, 0.29) is 30.8 Å². The first-order chi connectivity index (χ1) is 24.8. The molecule has 2 heterocycles. The fourth-order valence-corrected chi connectivity index (χ4v) is 9.36. The number of unbranched alkanes of at least 4 members (excludes halogenated alkanes) is 4. The van der Waals surface area contributed by atoms with E-state index in [1.165, 1.54) is 19.3 Å². The summed E-state index contributed by atoms with van der Waals surface area (Å²) in [5.74, 6) is -0.181. The number of aliphatic hydroxyl groups excluding tert-OH is 3. The molecular weight excluding hydrogens is 654 g/mol. The van der Waals surface area contributed by atoms with E-state index in [0.717, 1.165) is 56.1 Å². The van der Waals surface area contributed by atoms with Crippen LogP contribution in [0.4, 0.5) is 0 Å². The number of carboxylic acids is 1. The molecule has 294 valence electrons. The summed E-state index contributed by atoms with van der Waals surface area (Å²) in [6.07, 6.45) is 20.6. The fraction of sp³-hybridized carbons (Fsp3) is 0.744. The molecule has 10 atom stereocenters. The smallest absolute Gasteiger partial charge is 0.309 e. The lowest BCUT2D eigenvalue weighted by Crippen LogP contribution is -2.39. The Labute approximate surface area is 313 Å². The van der Waals surface area contributed by atoms with Gasteiger partial charge in [-0.05, 0) is 111 Å². The van der Waals surface area contributed by atoms with Crippen LogP contribution < -0.4 is 11.1 Å². The van der Waals surface area contributed by atoms with Crippen LogP contribution in [0.5, 0.6) is 0 Å². The fourth-order valence-electron chi connectivity index (χ4n) is 9.36. The van der Waals surface area contributed by atoms with Crippen LogP contribution in [0.3, 0.4) is 0 Å². The average molecular weight is 726 g/mol. The normalized spacial score (nSPS) is 28.6. The molecule has 4 rings (SSSR count). The molecule has 0 amide bonds. The molecule has 0 saturated heterocycles. The summed E-state index contributed by atoms with van der Waals surface area (Å²) in [4.78, 5) is 15.6. The first-order valence-corrected chi connectivity index (χ1v) is 20.6. The van der Waals surface area contributed by atoms with Crippen molar-refractivity contribution in [1.82, 2.24) is 10.3 Å². The van der Waals surface area contributed by atoms with Gasteiger partial charge in [0.25, 0.3) is 0 Å². The minimum absolute atomic E-state index is 0.101. The Balaban J connectivity index is 1.34. The Morgan fingerprint density at radius 1 is 1.04 bits per heavy atom. The maximum absolute atomic E-state index is 12.3. The molecule has 1 fully saturated rings. The SMILES string of the molecule is CCCCCC1C=CC(CCCCCC(C(=O)O)C(O)CCC2(O)CC(CC3=CCNC(N)=C3)CC2C(O)c2cc(C(C)CC(C)C)c[nH]2)C(O)C1. The number of carboxylic acid groups (broad SMARTS) is 1. The Morgan fingerprint density at radius 2 is 1.81 bits per heavy atom. The van der Waals surface area contributed by atoms with Crippen molar-refractivity contribution in [2.45, 2.75) is 160 Å². The molecule has 52 heavy (non-hydrogen) atoms. The van der Waals surface area contributed by atoms with Crippen LogP contribution in [0.15, 0.2) is 48.0 Å². The lowest BCUT2D eigenvalue weighted by Gasteiger charge is -2.34. The van der Waals surface area contributed by atoms with Crippen LogP contribution in [-0.2, 0) is 4.79 Å². The first kappa shape index (κ1) is 42.2. The highest BCUT2D eigenvalue weighted by Gasteiger charge is 2.50. The number of nitrogens with one attached hydrogen (secondary N) is 2. The monoisotopic (exact) mass is 726 g/mol. The summed E-state index contributed by atoms with van der Waals surface area (Å²) in [6, 6.07) is 2.02. The second-order valence-corrected chi connectivity index (χ2v) is 17.1. The van der Waals surface area contributed by atoms with Gasteiger partial charge in [0, 0.05) is 30.3 Å². The molecule has 2 aliphatic carbocycles. The molecule has 9 N–H and O–H groups in total. The number of H-pyrrole nitrogens is 1.